The first-order valence-electron chi connectivity index (χ1n) is 8.62. The minimum atomic E-state index is -0.465. The number of halogens is 1. The highest BCUT2D eigenvalue weighted by Gasteiger charge is 2.37. The second kappa shape index (κ2) is 5.82. The Bertz CT molecular complexity index is 1280. The minimum absolute atomic E-state index is 0.215. The van der Waals surface area contributed by atoms with Crippen LogP contribution >= 0.6 is 0 Å². The predicted octanol–water partition coefficient (Wildman–Crippen LogP) is 3.45. The third-order valence-electron chi connectivity index (χ3n) is 4.88. The summed E-state index contributed by atoms with van der Waals surface area (Å²) in [6, 6.07) is 15.5. The molecule has 136 valence electrons. The highest BCUT2D eigenvalue weighted by Crippen LogP contribution is 2.36. The van der Waals surface area contributed by atoms with Gasteiger partial charge in [-0.1, -0.05) is 42.5 Å². The molecule has 5 rings (SSSR count). The van der Waals surface area contributed by atoms with Crippen LogP contribution in [-0.4, -0.2) is 38.5 Å². The molecule has 0 aliphatic carbocycles. The van der Waals surface area contributed by atoms with E-state index in [0.717, 1.165) is 10.5 Å². The Labute approximate surface area is 158 Å². The van der Waals surface area contributed by atoms with E-state index < -0.39 is 17.6 Å². The van der Waals surface area contributed by atoms with Crippen molar-refractivity contribution in [2.24, 2.45) is 0 Å². The van der Waals surface area contributed by atoms with Crippen molar-refractivity contribution in [3.63, 3.8) is 0 Å². The third-order valence-corrected chi connectivity index (χ3v) is 4.88. The maximum atomic E-state index is 14.5. The Morgan fingerprint density at radius 2 is 1.64 bits per heavy atom. The number of carbonyl (C=O) groups excluding carboxylic acids is 2. The molecule has 4 aromatic rings. The molecule has 3 heterocycles. The highest BCUT2D eigenvalue weighted by atomic mass is 19.1. The fraction of sp³-hybridized carbons (Fsp3) is 0.0476. The molecular formula is C21H13FN4O2. The molecule has 0 bridgehead atoms. The van der Waals surface area contributed by atoms with Gasteiger partial charge >= 0.3 is 0 Å². The quantitative estimate of drug-likeness (QED) is 0.506. The third kappa shape index (κ3) is 2.13. The fourth-order valence-electron chi connectivity index (χ4n) is 3.50. The van der Waals surface area contributed by atoms with Crippen LogP contribution < -0.4 is 0 Å². The van der Waals surface area contributed by atoms with E-state index in [-0.39, 0.29) is 16.8 Å². The zero-order valence-electron chi connectivity index (χ0n) is 14.8. The van der Waals surface area contributed by atoms with Crippen LogP contribution in [0.5, 0.6) is 0 Å². The van der Waals surface area contributed by atoms with Gasteiger partial charge in [0.15, 0.2) is 5.65 Å². The highest BCUT2D eigenvalue weighted by molar-refractivity contribution is 6.27. The predicted molar refractivity (Wildman–Crippen MR) is 101 cm³/mol. The Hall–Kier alpha value is -3.87. The van der Waals surface area contributed by atoms with Crippen LogP contribution in [0.25, 0.3) is 28.0 Å². The molecule has 0 unspecified atom stereocenters. The summed E-state index contributed by atoms with van der Waals surface area (Å²) in [5.74, 6) is -1.29. The van der Waals surface area contributed by atoms with Gasteiger partial charge in [0, 0.05) is 18.8 Å². The minimum Gasteiger partial charge on any atom is -0.277 e. The van der Waals surface area contributed by atoms with E-state index in [1.165, 1.54) is 24.0 Å². The monoisotopic (exact) mass is 372 g/mol. The average Bonchev–Trinajstić information content (AvgIpc) is 3.21. The zero-order chi connectivity index (χ0) is 19.4. The van der Waals surface area contributed by atoms with Crippen LogP contribution in [-0.2, 0) is 0 Å². The number of fused-ring (bicyclic) bond motifs is 3. The van der Waals surface area contributed by atoms with Gasteiger partial charge in [-0.2, -0.15) is 5.10 Å². The van der Waals surface area contributed by atoms with E-state index in [1.807, 2.05) is 30.3 Å². The summed E-state index contributed by atoms with van der Waals surface area (Å²) >= 11 is 0. The van der Waals surface area contributed by atoms with Crippen molar-refractivity contribution in [2.75, 3.05) is 7.05 Å². The first-order chi connectivity index (χ1) is 13.6. The molecule has 2 amide bonds. The number of rotatable bonds is 2. The Balaban J connectivity index is 1.93. The van der Waals surface area contributed by atoms with Crippen LogP contribution in [0, 0.1) is 5.82 Å². The molecule has 0 spiro atoms. The number of hydrogen-bond acceptors (Lipinski definition) is 4. The second-order valence-electron chi connectivity index (χ2n) is 6.49. The van der Waals surface area contributed by atoms with Crippen molar-refractivity contribution >= 4 is 22.8 Å². The van der Waals surface area contributed by atoms with Gasteiger partial charge in [-0.15, -0.1) is 0 Å². The zero-order valence-corrected chi connectivity index (χ0v) is 14.8. The molecule has 0 fully saturated rings. The first-order valence-corrected chi connectivity index (χ1v) is 8.62. The van der Waals surface area contributed by atoms with Gasteiger partial charge in [0.1, 0.15) is 17.2 Å². The largest absolute Gasteiger partial charge is 0.277 e. The number of aromatic nitrogens is 3. The first kappa shape index (κ1) is 16.3. The number of nitrogens with zero attached hydrogens (tertiary/aromatic N) is 4. The molecule has 2 aromatic heterocycles. The van der Waals surface area contributed by atoms with Crippen LogP contribution in [0.1, 0.15) is 20.7 Å². The molecule has 1 aliphatic rings. The lowest BCUT2D eigenvalue weighted by molar-refractivity contribution is 0.0693. The average molecular weight is 372 g/mol. The molecule has 0 radical (unpaired) electrons. The number of carbonyl (C=O) groups is 2. The number of para-hydroxylation sites is 1. The van der Waals surface area contributed by atoms with Gasteiger partial charge in [-0.05, 0) is 12.1 Å². The van der Waals surface area contributed by atoms with Gasteiger partial charge in [0.05, 0.1) is 16.5 Å². The standard InChI is InChI=1S/C21H13FN4O2/c1-25-20(27)13-11-23-19-17(16(13)21(25)28)18(12-7-3-2-4-8-12)24-26(19)15-10-6-5-9-14(15)22/h2-11H,1H3. The van der Waals surface area contributed by atoms with Crippen molar-refractivity contribution in [2.45, 2.75) is 0 Å². The summed E-state index contributed by atoms with van der Waals surface area (Å²) in [5, 5.41) is 5.02. The molecule has 6 nitrogen and oxygen atoms in total. The molecular weight excluding hydrogens is 359 g/mol. The lowest BCUT2D eigenvalue weighted by Crippen LogP contribution is -2.24. The van der Waals surface area contributed by atoms with Gasteiger partial charge in [-0.25, -0.2) is 14.1 Å². The van der Waals surface area contributed by atoms with E-state index in [2.05, 4.69) is 10.1 Å². The molecule has 2 aromatic carbocycles. The lowest BCUT2D eigenvalue weighted by Gasteiger charge is -2.04. The Kier molecular flexibility index (Phi) is 3.39. The summed E-state index contributed by atoms with van der Waals surface area (Å²) in [7, 11) is 1.43. The number of hydrogen-bond donors (Lipinski definition) is 0. The van der Waals surface area contributed by atoms with Crippen molar-refractivity contribution in [3.8, 4) is 16.9 Å². The summed E-state index contributed by atoms with van der Waals surface area (Å²) in [5.41, 5.74) is 2.22. The Morgan fingerprint density at radius 3 is 2.39 bits per heavy atom. The fourth-order valence-corrected chi connectivity index (χ4v) is 3.50. The molecule has 7 heteroatoms. The van der Waals surface area contributed by atoms with Gasteiger partial charge in [0.25, 0.3) is 11.8 Å². The van der Waals surface area contributed by atoms with Crippen LogP contribution in [0.2, 0.25) is 0 Å². The van der Waals surface area contributed by atoms with Crippen LogP contribution in [0.4, 0.5) is 4.39 Å². The van der Waals surface area contributed by atoms with Crippen molar-refractivity contribution in [1.82, 2.24) is 19.7 Å². The van der Waals surface area contributed by atoms with Crippen molar-refractivity contribution < 1.29 is 14.0 Å². The van der Waals surface area contributed by atoms with E-state index in [1.54, 1.807) is 18.2 Å². The lowest BCUT2D eigenvalue weighted by atomic mass is 10.0. The summed E-state index contributed by atoms with van der Waals surface area (Å²) in [6.07, 6.45) is 1.36. The van der Waals surface area contributed by atoms with Gasteiger partial charge < -0.3 is 0 Å². The van der Waals surface area contributed by atoms with Crippen molar-refractivity contribution in [3.05, 3.63) is 77.7 Å². The normalized spacial score (nSPS) is 13.4. The summed E-state index contributed by atoms with van der Waals surface area (Å²) < 4.78 is 15.9. The topological polar surface area (TPSA) is 68.1 Å². The van der Waals surface area contributed by atoms with E-state index in [0.29, 0.717) is 16.7 Å². The van der Waals surface area contributed by atoms with Crippen LogP contribution in [0.3, 0.4) is 0 Å². The number of imide groups is 1. The van der Waals surface area contributed by atoms with Crippen LogP contribution in [0.15, 0.2) is 60.8 Å². The molecule has 0 atom stereocenters. The smallest absolute Gasteiger partial charge is 0.262 e. The molecule has 0 saturated carbocycles. The van der Waals surface area contributed by atoms with E-state index in [4.69, 9.17) is 0 Å². The number of amides is 2. The van der Waals surface area contributed by atoms with E-state index in [9.17, 15) is 14.0 Å². The number of pyridine rings is 1. The maximum absolute atomic E-state index is 14.5. The molecule has 1 aliphatic heterocycles. The second-order valence-corrected chi connectivity index (χ2v) is 6.49. The Morgan fingerprint density at radius 1 is 0.929 bits per heavy atom. The molecule has 28 heavy (non-hydrogen) atoms. The van der Waals surface area contributed by atoms with Crippen molar-refractivity contribution in [1.29, 1.82) is 0 Å². The summed E-state index contributed by atoms with van der Waals surface area (Å²) in [4.78, 5) is 30.6. The van der Waals surface area contributed by atoms with E-state index >= 15 is 0 Å². The SMILES string of the molecule is CN1C(=O)c2cnc3c(c(-c4ccccc4)nn3-c3ccccc3F)c2C1=O. The van der Waals surface area contributed by atoms with Gasteiger partial charge in [0.2, 0.25) is 0 Å². The molecule has 0 N–H and O–H groups in total. The summed E-state index contributed by atoms with van der Waals surface area (Å²) in [6.45, 7) is 0. The maximum Gasteiger partial charge on any atom is 0.262 e. The van der Waals surface area contributed by atoms with Gasteiger partial charge in [-0.3, -0.25) is 14.5 Å². The number of benzene rings is 2. The molecule has 0 saturated heterocycles.